The monoisotopic (exact) mass is 370 g/mol. The van der Waals surface area contributed by atoms with Gasteiger partial charge in [-0.15, -0.1) is 0 Å². The van der Waals surface area contributed by atoms with E-state index in [-0.39, 0.29) is 0 Å². The second-order valence-electron chi connectivity index (χ2n) is 8.57. The van der Waals surface area contributed by atoms with Gasteiger partial charge in [-0.3, -0.25) is 4.79 Å². The molecule has 1 aliphatic rings. The molecule has 27 heavy (non-hydrogen) atoms. The molecule has 0 fully saturated rings. The average molecular weight is 371 g/mol. The number of ketones is 1. The zero-order valence-electron chi connectivity index (χ0n) is 17.9. The van der Waals surface area contributed by atoms with Gasteiger partial charge in [0.15, 0.2) is 5.78 Å². The van der Waals surface area contributed by atoms with E-state index < -0.39 is 0 Å². The number of carbonyl (C=O) groups excluding carboxylic acids is 1. The van der Waals surface area contributed by atoms with E-state index in [1.807, 2.05) is 6.07 Å². The molecule has 0 saturated carbocycles. The maximum atomic E-state index is 12.0. The van der Waals surface area contributed by atoms with E-state index in [4.69, 9.17) is 0 Å². The lowest BCUT2D eigenvalue weighted by molar-refractivity contribution is 0.0972. The summed E-state index contributed by atoms with van der Waals surface area (Å²) in [6, 6.07) is 6.37. The summed E-state index contributed by atoms with van der Waals surface area (Å²) < 4.78 is 0. The Morgan fingerprint density at radius 1 is 0.704 bits per heavy atom. The highest BCUT2D eigenvalue weighted by Crippen LogP contribution is 2.26. The number of carbonyl (C=O) groups is 1. The lowest BCUT2D eigenvalue weighted by Gasteiger charge is -2.18. The van der Waals surface area contributed by atoms with Crippen LogP contribution in [0.5, 0.6) is 0 Å². The Bertz CT molecular complexity index is 531. The maximum absolute atomic E-state index is 12.0. The molecule has 152 valence electrons. The first-order valence-corrected chi connectivity index (χ1v) is 12.0. The molecule has 1 aromatic carbocycles. The van der Waals surface area contributed by atoms with Gasteiger partial charge in [0.05, 0.1) is 0 Å². The first-order valence-electron chi connectivity index (χ1n) is 12.0. The van der Waals surface area contributed by atoms with Crippen LogP contribution >= 0.6 is 0 Å². The Hall–Kier alpha value is -1.11. The van der Waals surface area contributed by atoms with E-state index in [0.29, 0.717) is 5.78 Å². The van der Waals surface area contributed by atoms with Crippen molar-refractivity contribution in [1.29, 1.82) is 0 Å². The molecule has 1 nitrogen and oxygen atoms in total. The first kappa shape index (κ1) is 22.2. The van der Waals surface area contributed by atoms with Crippen molar-refractivity contribution in [1.82, 2.24) is 0 Å². The SMILES string of the molecule is CCCCCCCCCCCCCCCCc1cccc2c1CCCC2=O. The van der Waals surface area contributed by atoms with Gasteiger partial charge in [-0.2, -0.15) is 0 Å². The van der Waals surface area contributed by atoms with Crippen LogP contribution in [0.1, 0.15) is 131 Å². The molecule has 0 heterocycles. The van der Waals surface area contributed by atoms with Gasteiger partial charge in [0.25, 0.3) is 0 Å². The van der Waals surface area contributed by atoms with Crippen LogP contribution in [0.3, 0.4) is 0 Å². The number of aryl methyl sites for hydroxylation is 1. The van der Waals surface area contributed by atoms with E-state index >= 15 is 0 Å². The quantitative estimate of drug-likeness (QED) is 0.284. The predicted octanol–water partition coefficient (Wildman–Crippen LogP) is 8.23. The Morgan fingerprint density at radius 2 is 1.26 bits per heavy atom. The van der Waals surface area contributed by atoms with Crippen LogP contribution in [-0.2, 0) is 12.8 Å². The maximum Gasteiger partial charge on any atom is 0.163 e. The van der Waals surface area contributed by atoms with Crippen LogP contribution in [0, 0.1) is 0 Å². The van der Waals surface area contributed by atoms with Crippen molar-refractivity contribution in [3.63, 3.8) is 0 Å². The fraction of sp³-hybridized carbons (Fsp3) is 0.731. The fourth-order valence-electron chi connectivity index (χ4n) is 4.50. The topological polar surface area (TPSA) is 17.1 Å². The lowest BCUT2D eigenvalue weighted by Crippen LogP contribution is -2.12. The molecule has 0 radical (unpaired) electrons. The summed E-state index contributed by atoms with van der Waals surface area (Å²) in [5.74, 6) is 0.360. The number of Topliss-reactive ketones (excluding diaryl/α,β-unsaturated/α-hetero) is 1. The summed E-state index contributed by atoms with van der Waals surface area (Å²) in [6.45, 7) is 2.29. The highest BCUT2D eigenvalue weighted by atomic mass is 16.1. The van der Waals surface area contributed by atoms with Gasteiger partial charge in [0.1, 0.15) is 0 Å². The second kappa shape index (κ2) is 14.0. The standard InChI is InChI=1S/C26H42O/c1-2-3-4-5-6-7-8-9-10-11-12-13-14-15-18-23-19-16-21-25-24(23)20-17-22-26(25)27/h16,19,21H,2-15,17-18,20,22H2,1H3. The van der Waals surface area contributed by atoms with Crippen LogP contribution in [0.15, 0.2) is 18.2 Å². The van der Waals surface area contributed by atoms with Gasteiger partial charge < -0.3 is 0 Å². The van der Waals surface area contributed by atoms with Crippen molar-refractivity contribution in [2.45, 2.75) is 122 Å². The third-order valence-corrected chi connectivity index (χ3v) is 6.20. The summed E-state index contributed by atoms with van der Waals surface area (Å²) in [5.41, 5.74) is 3.83. The molecular formula is C26H42O. The molecule has 0 amide bonds. The Morgan fingerprint density at radius 3 is 1.85 bits per heavy atom. The zero-order valence-corrected chi connectivity index (χ0v) is 17.9. The van der Waals surface area contributed by atoms with Gasteiger partial charge in [-0.05, 0) is 36.8 Å². The smallest absolute Gasteiger partial charge is 0.163 e. The predicted molar refractivity (Wildman–Crippen MR) is 118 cm³/mol. The molecular weight excluding hydrogens is 328 g/mol. The number of hydrogen-bond acceptors (Lipinski definition) is 1. The van der Waals surface area contributed by atoms with Gasteiger partial charge in [0, 0.05) is 12.0 Å². The average Bonchev–Trinajstić information content (AvgIpc) is 2.69. The Balaban J connectivity index is 1.44. The normalized spacial score (nSPS) is 13.7. The second-order valence-corrected chi connectivity index (χ2v) is 8.57. The first-order chi connectivity index (χ1) is 13.3. The van der Waals surface area contributed by atoms with Gasteiger partial charge >= 0.3 is 0 Å². The summed E-state index contributed by atoms with van der Waals surface area (Å²) >= 11 is 0. The summed E-state index contributed by atoms with van der Waals surface area (Å²) in [7, 11) is 0. The van der Waals surface area contributed by atoms with Crippen LogP contribution in [0.25, 0.3) is 0 Å². The molecule has 2 rings (SSSR count). The zero-order chi connectivity index (χ0) is 19.2. The van der Waals surface area contributed by atoms with Crippen molar-refractivity contribution in [3.8, 4) is 0 Å². The van der Waals surface area contributed by atoms with E-state index in [0.717, 1.165) is 31.2 Å². The van der Waals surface area contributed by atoms with Crippen LogP contribution in [0.2, 0.25) is 0 Å². The minimum absolute atomic E-state index is 0.360. The molecule has 0 aliphatic heterocycles. The Kier molecular flexibility index (Phi) is 11.5. The molecule has 1 aromatic rings. The van der Waals surface area contributed by atoms with Crippen LogP contribution in [-0.4, -0.2) is 5.78 Å². The largest absolute Gasteiger partial charge is 0.294 e. The van der Waals surface area contributed by atoms with E-state index in [1.165, 1.54) is 101 Å². The van der Waals surface area contributed by atoms with Crippen molar-refractivity contribution in [2.24, 2.45) is 0 Å². The molecule has 0 unspecified atom stereocenters. The highest BCUT2D eigenvalue weighted by molar-refractivity contribution is 5.98. The van der Waals surface area contributed by atoms with Gasteiger partial charge in [-0.1, -0.05) is 109 Å². The molecule has 0 saturated heterocycles. The third kappa shape index (κ3) is 8.62. The van der Waals surface area contributed by atoms with Crippen LogP contribution < -0.4 is 0 Å². The van der Waals surface area contributed by atoms with Crippen molar-refractivity contribution in [3.05, 3.63) is 34.9 Å². The minimum Gasteiger partial charge on any atom is -0.294 e. The van der Waals surface area contributed by atoms with Crippen molar-refractivity contribution < 1.29 is 4.79 Å². The van der Waals surface area contributed by atoms with Crippen molar-refractivity contribution in [2.75, 3.05) is 0 Å². The third-order valence-electron chi connectivity index (χ3n) is 6.20. The molecule has 0 aromatic heterocycles. The van der Waals surface area contributed by atoms with E-state index in [2.05, 4.69) is 19.1 Å². The van der Waals surface area contributed by atoms with E-state index in [9.17, 15) is 4.79 Å². The molecule has 1 heteroatoms. The molecule has 0 spiro atoms. The lowest BCUT2D eigenvalue weighted by atomic mass is 9.86. The molecule has 1 aliphatic carbocycles. The van der Waals surface area contributed by atoms with Gasteiger partial charge in [0.2, 0.25) is 0 Å². The number of hydrogen-bond donors (Lipinski definition) is 0. The summed E-state index contributed by atoms with van der Waals surface area (Å²) in [4.78, 5) is 12.0. The summed E-state index contributed by atoms with van der Waals surface area (Å²) in [6.07, 6.45) is 23.8. The number of benzene rings is 1. The number of fused-ring (bicyclic) bond motifs is 1. The number of unbranched alkanes of at least 4 members (excludes halogenated alkanes) is 13. The fourth-order valence-corrected chi connectivity index (χ4v) is 4.50. The minimum atomic E-state index is 0.360. The summed E-state index contributed by atoms with van der Waals surface area (Å²) in [5, 5.41) is 0. The van der Waals surface area contributed by atoms with Gasteiger partial charge in [-0.25, -0.2) is 0 Å². The number of rotatable bonds is 15. The Labute approximate surface area is 168 Å². The molecule has 0 atom stereocenters. The van der Waals surface area contributed by atoms with Crippen LogP contribution in [0.4, 0.5) is 0 Å². The highest BCUT2D eigenvalue weighted by Gasteiger charge is 2.18. The van der Waals surface area contributed by atoms with E-state index in [1.54, 1.807) is 0 Å². The molecule has 0 bridgehead atoms. The van der Waals surface area contributed by atoms with Crippen molar-refractivity contribution >= 4 is 5.78 Å². The molecule has 0 N–H and O–H groups in total.